The van der Waals surface area contributed by atoms with Gasteiger partial charge < -0.3 is 11.1 Å². The fraction of sp³-hybridized carbons (Fsp3) is 0.929. The molecule has 2 rings (SSSR count). The summed E-state index contributed by atoms with van der Waals surface area (Å²) in [5.41, 5.74) is 5.97. The maximum Gasteiger partial charge on any atom is 0.188 e. The molecule has 2 unspecified atom stereocenters. The molecule has 2 heterocycles. The van der Waals surface area contributed by atoms with Crippen LogP contribution in [0, 0.1) is 0 Å². The lowest BCUT2D eigenvalue weighted by molar-refractivity contribution is 0.273. The molecule has 2 aliphatic heterocycles. The number of likely N-dealkylation sites (N-methyl/N-ethyl adjacent to an activating group) is 1. The highest BCUT2D eigenvalue weighted by Gasteiger charge is 2.22. The Morgan fingerprint density at radius 1 is 1.37 bits per heavy atom. The van der Waals surface area contributed by atoms with E-state index in [-0.39, 0.29) is 0 Å². The van der Waals surface area contributed by atoms with Crippen LogP contribution in [-0.4, -0.2) is 54.1 Å². The fourth-order valence-corrected chi connectivity index (χ4v) is 4.20. The second kappa shape index (κ2) is 8.00. The van der Waals surface area contributed by atoms with Crippen molar-refractivity contribution in [2.45, 2.75) is 50.3 Å². The van der Waals surface area contributed by atoms with Gasteiger partial charge in [0.1, 0.15) is 0 Å². The first-order chi connectivity index (χ1) is 9.29. The molecule has 0 aromatic heterocycles. The predicted molar refractivity (Wildman–Crippen MR) is 84.9 cm³/mol. The molecule has 3 N–H and O–H groups in total. The molecule has 0 amide bonds. The molecule has 2 fully saturated rings. The van der Waals surface area contributed by atoms with E-state index in [0.717, 1.165) is 24.9 Å². The number of rotatable bonds is 5. The van der Waals surface area contributed by atoms with Crippen molar-refractivity contribution in [3.05, 3.63) is 0 Å². The third kappa shape index (κ3) is 4.88. The van der Waals surface area contributed by atoms with E-state index >= 15 is 0 Å². The SMILES string of the molecule is CCN1CCCC1CN=C(N)NCC1CCCCS1. The molecular formula is C14H28N4S. The summed E-state index contributed by atoms with van der Waals surface area (Å²) in [6, 6.07) is 0.606. The normalized spacial score (nSPS) is 29.6. The van der Waals surface area contributed by atoms with E-state index in [0.29, 0.717) is 12.0 Å². The van der Waals surface area contributed by atoms with Gasteiger partial charge in [0, 0.05) is 17.8 Å². The zero-order chi connectivity index (χ0) is 13.5. The smallest absolute Gasteiger partial charge is 0.188 e. The summed E-state index contributed by atoms with van der Waals surface area (Å²) in [6.45, 7) is 6.41. The Morgan fingerprint density at radius 3 is 3.00 bits per heavy atom. The van der Waals surface area contributed by atoms with Gasteiger partial charge >= 0.3 is 0 Å². The number of likely N-dealkylation sites (tertiary alicyclic amines) is 1. The van der Waals surface area contributed by atoms with E-state index in [2.05, 4.69) is 33.9 Å². The minimum absolute atomic E-state index is 0.606. The Labute approximate surface area is 121 Å². The quantitative estimate of drug-likeness (QED) is 0.595. The number of aliphatic imine (C=N–C) groups is 1. The highest BCUT2D eigenvalue weighted by Crippen LogP contribution is 2.24. The van der Waals surface area contributed by atoms with Crippen molar-refractivity contribution in [3.63, 3.8) is 0 Å². The molecule has 4 nitrogen and oxygen atoms in total. The molecule has 2 saturated heterocycles. The van der Waals surface area contributed by atoms with Crippen molar-refractivity contribution in [1.29, 1.82) is 0 Å². The number of hydrogen-bond acceptors (Lipinski definition) is 3. The molecule has 2 aliphatic rings. The second-order valence-electron chi connectivity index (χ2n) is 5.52. The van der Waals surface area contributed by atoms with E-state index < -0.39 is 0 Å². The first kappa shape index (κ1) is 15.0. The Bertz CT molecular complexity index is 289. The van der Waals surface area contributed by atoms with E-state index in [9.17, 15) is 0 Å². The number of guanidine groups is 1. The maximum atomic E-state index is 5.97. The monoisotopic (exact) mass is 284 g/mol. The highest BCUT2D eigenvalue weighted by atomic mass is 32.2. The molecular weight excluding hydrogens is 256 g/mol. The van der Waals surface area contributed by atoms with Crippen LogP contribution < -0.4 is 11.1 Å². The largest absolute Gasteiger partial charge is 0.370 e. The van der Waals surface area contributed by atoms with Crippen LogP contribution in [0.4, 0.5) is 0 Å². The molecule has 0 saturated carbocycles. The summed E-state index contributed by atoms with van der Waals surface area (Å²) in [4.78, 5) is 7.03. The highest BCUT2D eigenvalue weighted by molar-refractivity contribution is 7.99. The summed E-state index contributed by atoms with van der Waals surface area (Å²) in [5.74, 6) is 1.94. The van der Waals surface area contributed by atoms with Gasteiger partial charge in [0.25, 0.3) is 0 Å². The summed E-state index contributed by atoms with van der Waals surface area (Å²) in [7, 11) is 0. The van der Waals surface area contributed by atoms with Crippen LogP contribution >= 0.6 is 11.8 Å². The lowest BCUT2D eigenvalue weighted by Crippen LogP contribution is -2.38. The molecule has 2 atom stereocenters. The zero-order valence-corrected chi connectivity index (χ0v) is 12.9. The Hall–Kier alpha value is -0.420. The van der Waals surface area contributed by atoms with Crippen LogP contribution in [0.1, 0.15) is 39.0 Å². The van der Waals surface area contributed by atoms with Gasteiger partial charge in [0.05, 0.1) is 6.54 Å². The van der Waals surface area contributed by atoms with Crippen molar-refractivity contribution in [2.75, 3.05) is 31.9 Å². The number of nitrogens with one attached hydrogen (secondary N) is 1. The van der Waals surface area contributed by atoms with Crippen LogP contribution in [0.3, 0.4) is 0 Å². The predicted octanol–water partition coefficient (Wildman–Crippen LogP) is 1.66. The molecule has 19 heavy (non-hydrogen) atoms. The second-order valence-corrected chi connectivity index (χ2v) is 6.93. The van der Waals surface area contributed by atoms with Gasteiger partial charge in [-0.15, -0.1) is 0 Å². The van der Waals surface area contributed by atoms with E-state index in [4.69, 9.17) is 5.73 Å². The Kier molecular flexibility index (Phi) is 6.31. The lowest BCUT2D eigenvalue weighted by Gasteiger charge is -2.22. The molecule has 0 bridgehead atoms. The van der Waals surface area contributed by atoms with Crippen LogP contribution in [0.2, 0.25) is 0 Å². The third-order valence-corrected chi connectivity index (χ3v) is 5.56. The summed E-state index contributed by atoms with van der Waals surface area (Å²) in [5, 5.41) is 4.02. The Balaban J connectivity index is 1.67. The van der Waals surface area contributed by atoms with Gasteiger partial charge in [-0.25, -0.2) is 0 Å². The van der Waals surface area contributed by atoms with Crippen molar-refractivity contribution < 1.29 is 0 Å². The summed E-state index contributed by atoms with van der Waals surface area (Å²) in [6.07, 6.45) is 6.63. The van der Waals surface area contributed by atoms with Crippen molar-refractivity contribution >= 4 is 17.7 Å². The van der Waals surface area contributed by atoms with Gasteiger partial charge in [-0.05, 0) is 44.5 Å². The van der Waals surface area contributed by atoms with Crippen molar-refractivity contribution in [3.8, 4) is 0 Å². The van der Waals surface area contributed by atoms with E-state index in [1.165, 1.54) is 44.4 Å². The molecule has 0 aliphatic carbocycles. The van der Waals surface area contributed by atoms with Gasteiger partial charge in [-0.2, -0.15) is 11.8 Å². The minimum Gasteiger partial charge on any atom is -0.370 e. The van der Waals surface area contributed by atoms with Crippen LogP contribution in [0.5, 0.6) is 0 Å². The molecule has 0 aromatic carbocycles. The fourth-order valence-electron chi connectivity index (χ4n) is 2.96. The van der Waals surface area contributed by atoms with Gasteiger partial charge in [0.15, 0.2) is 5.96 Å². The first-order valence-electron chi connectivity index (χ1n) is 7.69. The number of nitrogens with two attached hydrogens (primary N) is 1. The molecule has 0 spiro atoms. The molecule has 0 radical (unpaired) electrons. The molecule has 110 valence electrons. The number of hydrogen-bond donors (Lipinski definition) is 2. The summed E-state index contributed by atoms with van der Waals surface area (Å²) >= 11 is 2.07. The number of nitrogens with zero attached hydrogens (tertiary/aromatic N) is 2. The molecule has 5 heteroatoms. The lowest BCUT2D eigenvalue weighted by atomic mass is 10.2. The minimum atomic E-state index is 0.606. The van der Waals surface area contributed by atoms with Gasteiger partial charge in [0.2, 0.25) is 0 Å². The van der Waals surface area contributed by atoms with E-state index in [1.807, 2.05) is 0 Å². The van der Waals surface area contributed by atoms with Gasteiger partial charge in [-0.3, -0.25) is 9.89 Å². The molecule has 0 aromatic rings. The zero-order valence-electron chi connectivity index (χ0n) is 12.1. The van der Waals surface area contributed by atoms with E-state index in [1.54, 1.807) is 0 Å². The third-order valence-electron chi connectivity index (χ3n) is 4.16. The average molecular weight is 284 g/mol. The topological polar surface area (TPSA) is 53.6 Å². The van der Waals surface area contributed by atoms with Crippen LogP contribution in [-0.2, 0) is 0 Å². The van der Waals surface area contributed by atoms with Crippen molar-refractivity contribution in [2.24, 2.45) is 10.7 Å². The first-order valence-corrected chi connectivity index (χ1v) is 8.74. The van der Waals surface area contributed by atoms with Crippen LogP contribution in [0.15, 0.2) is 4.99 Å². The van der Waals surface area contributed by atoms with Crippen LogP contribution in [0.25, 0.3) is 0 Å². The number of thioether (sulfide) groups is 1. The maximum absolute atomic E-state index is 5.97. The van der Waals surface area contributed by atoms with Gasteiger partial charge in [-0.1, -0.05) is 13.3 Å². The summed E-state index contributed by atoms with van der Waals surface area (Å²) < 4.78 is 0. The standard InChI is InChI=1S/C14H28N4S/c1-2-18-8-5-6-12(18)10-16-14(15)17-11-13-7-3-4-9-19-13/h12-13H,2-11H2,1H3,(H3,15,16,17). The Morgan fingerprint density at radius 2 is 2.26 bits per heavy atom. The van der Waals surface area contributed by atoms with Crippen molar-refractivity contribution in [1.82, 2.24) is 10.2 Å². The average Bonchev–Trinajstić information content (AvgIpc) is 2.91.